The van der Waals surface area contributed by atoms with Crippen LogP contribution in [0.5, 0.6) is 0 Å². The second-order valence-electron chi connectivity index (χ2n) is 4.70. The fourth-order valence-electron chi connectivity index (χ4n) is 2.17. The quantitative estimate of drug-likeness (QED) is 0.603. The molecule has 2 rings (SSSR count). The van der Waals surface area contributed by atoms with E-state index in [0.717, 1.165) is 11.1 Å². The first-order chi connectivity index (χ1) is 9.11. The van der Waals surface area contributed by atoms with Gasteiger partial charge in [0.2, 0.25) is 0 Å². The van der Waals surface area contributed by atoms with Crippen molar-refractivity contribution in [2.24, 2.45) is 0 Å². The zero-order valence-corrected chi connectivity index (χ0v) is 12.4. The number of carbonyl (C=O) groups excluding carboxylic acids is 1. The monoisotopic (exact) mass is 270 g/mol. The van der Waals surface area contributed by atoms with E-state index in [1.165, 1.54) is 16.0 Å². The molecule has 2 aromatic rings. The van der Waals surface area contributed by atoms with Crippen molar-refractivity contribution in [3.05, 3.63) is 64.7 Å². The number of ketones is 1. The Morgan fingerprint density at radius 2 is 1.58 bits per heavy atom. The van der Waals surface area contributed by atoms with Gasteiger partial charge in [-0.3, -0.25) is 4.79 Å². The summed E-state index contributed by atoms with van der Waals surface area (Å²) in [7, 11) is 0. The molecule has 2 aromatic carbocycles. The molecule has 0 aliphatic carbocycles. The average molecular weight is 270 g/mol. The molecule has 0 bridgehead atoms. The van der Waals surface area contributed by atoms with Crippen molar-refractivity contribution in [1.82, 2.24) is 0 Å². The molecule has 0 radical (unpaired) electrons. The molecule has 0 unspecified atom stereocenters. The minimum atomic E-state index is 0.185. The van der Waals surface area contributed by atoms with E-state index in [0.29, 0.717) is 6.42 Å². The van der Waals surface area contributed by atoms with Crippen LogP contribution in [0.25, 0.3) is 0 Å². The van der Waals surface area contributed by atoms with Crippen molar-refractivity contribution in [3.63, 3.8) is 0 Å². The maximum atomic E-state index is 12.3. The van der Waals surface area contributed by atoms with Crippen molar-refractivity contribution in [3.8, 4) is 0 Å². The Labute approximate surface area is 119 Å². The zero-order valence-electron chi connectivity index (χ0n) is 11.6. The third-order valence-electron chi connectivity index (χ3n) is 3.39. The van der Waals surface area contributed by atoms with E-state index in [1.807, 2.05) is 36.6 Å². The predicted octanol–water partition coefficient (Wildman–Crippen LogP) is 4.45. The summed E-state index contributed by atoms with van der Waals surface area (Å²) in [5.41, 5.74) is 4.32. The number of benzene rings is 2. The lowest BCUT2D eigenvalue weighted by atomic mass is 9.96. The molecule has 1 nitrogen and oxygen atoms in total. The molecule has 0 N–H and O–H groups in total. The van der Waals surface area contributed by atoms with Crippen LogP contribution in [0.15, 0.2) is 47.4 Å². The zero-order chi connectivity index (χ0) is 13.8. The maximum Gasteiger partial charge on any atom is 0.167 e. The van der Waals surface area contributed by atoms with Gasteiger partial charge in [0.15, 0.2) is 5.78 Å². The van der Waals surface area contributed by atoms with E-state index in [2.05, 4.69) is 26.0 Å². The van der Waals surface area contributed by atoms with Crippen LogP contribution in [-0.4, -0.2) is 12.0 Å². The molecule has 2 heteroatoms. The average Bonchev–Trinajstić information content (AvgIpc) is 2.43. The van der Waals surface area contributed by atoms with Crippen molar-refractivity contribution in [2.45, 2.75) is 25.2 Å². The molecule has 0 heterocycles. The number of carbonyl (C=O) groups is 1. The van der Waals surface area contributed by atoms with Crippen LogP contribution in [0.2, 0.25) is 0 Å². The third kappa shape index (κ3) is 3.27. The standard InChI is InChI=1S/C17H18OS/c1-12-5-4-6-13(2)16(12)11-17(18)14-7-9-15(19-3)10-8-14/h4-10H,11H2,1-3H3. The summed E-state index contributed by atoms with van der Waals surface area (Å²) in [5, 5.41) is 0. The Bertz CT molecular complexity index is 564. The number of thioether (sulfide) groups is 1. The summed E-state index contributed by atoms with van der Waals surface area (Å²) in [6, 6.07) is 14.0. The van der Waals surface area contributed by atoms with Crippen LogP contribution < -0.4 is 0 Å². The number of hydrogen-bond acceptors (Lipinski definition) is 2. The van der Waals surface area contributed by atoms with Crippen LogP contribution in [0.4, 0.5) is 0 Å². The van der Waals surface area contributed by atoms with Gasteiger partial charge in [-0.25, -0.2) is 0 Å². The molecule has 0 amide bonds. The molecule has 98 valence electrons. The highest BCUT2D eigenvalue weighted by Gasteiger charge is 2.10. The highest BCUT2D eigenvalue weighted by Crippen LogP contribution is 2.18. The third-order valence-corrected chi connectivity index (χ3v) is 4.14. The van der Waals surface area contributed by atoms with E-state index < -0.39 is 0 Å². The van der Waals surface area contributed by atoms with Gasteiger partial charge in [0, 0.05) is 16.9 Å². The van der Waals surface area contributed by atoms with Gasteiger partial charge in [-0.1, -0.05) is 30.3 Å². The van der Waals surface area contributed by atoms with Gasteiger partial charge in [-0.2, -0.15) is 0 Å². The minimum absolute atomic E-state index is 0.185. The molecule has 0 atom stereocenters. The number of rotatable bonds is 4. The van der Waals surface area contributed by atoms with Crippen LogP contribution in [0, 0.1) is 13.8 Å². The molecule has 0 aromatic heterocycles. The summed E-state index contributed by atoms with van der Waals surface area (Å²) in [4.78, 5) is 13.5. The molecule has 0 saturated heterocycles. The smallest absolute Gasteiger partial charge is 0.167 e. The van der Waals surface area contributed by atoms with Gasteiger partial charge in [-0.15, -0.1) is 11.8 Å². The summed E-state index contributed by atoms with van der Waals surface area (Å²) in [6.07, 6.45) is 2.52. The van der Waals surface area contributed by atoms with Crippen molar-refractivity contribution < 1.29 is 4.79 Å². The largest absolute Gasteiger partial charge is 0.294 e. The van der Waals surface area contributed by atoms with E-state index in [-0.39, 0.29) is 5.78 Å². The number of aryl methyl sites for hydroxylation is 2. The lowest BCUT2D eigenvalue weighted by Crippen LogP contribution is -2.06. The van der Waals surface area contributed by atoms with Gasteiger partial charge < -0.3 is 0 Å². The lowest BCUT2D eigenvalue weighted by Gasteiger charge is -2.09. The molecule has 0 spiro atoms. The van der Waals surface area contributed by atoms with Crippen LogP contribution in [0.1, 0.15) is 27.0 Å². The number of hydrogen-bond donors (Lipinski definition) is 0. The van der Waals surface area contributed by atoms with Gasteiger partial charge in [0.05, 0.1) is 0 Å². The van der Waals surface area contributed by atoms with E-state index >= 15 is 0 Å². The fraction of sp³-hybridized carbons (Fsp3) is 0.235. The second-order valence-corrected chi connectivity index (χ2v) is 5.58. The molecular weight excluding hydrogens is 252 g/mol. The molecule has 19 heavy (non-hydrogen) atoms. The van der Waals surface area contributed by atoms with E-state index in [9.17, 15) is 4.79 Å². The fourth-order valence-corrected chi connectivity index (χ4v) is 2.58. The molecular formula is C17H18OS. The first-order valence-corrected chi connectivity index (χ1v) is 7.56. The second kappa shape index (κ2) is 6.07. The summed E-state index contributed by atoms with van der Waals surface area (Å²) in [6.45, 7) is 4.12. The molecule has 0 aliphatic rings. The lowest BCUT2D eigenvalue weighted by molar-refractivity contribution is 0.0992. The van der Waals surface area contributed by atoms with Crippen molar-refractivity contribution in [2.75, 3.05) is 6.26 Å². The topological polar surface area (TPSA) is 17.1 Å². The van der Waals surface area contributed by atoms with Gasteiger partial charge in [0.1, 0.15) is 0 Å². The summed E-state index contributed by atoms with van der Waals surface area (Å²) >= 11 is 1.69. The highest BCUT2D eigenvalue weighted by molar-refractivity contribution is 7.98. The van der Waals surface area contributed by atoms with Gasteiger partial charge in [-0.05, 0) is 48.9 Å². The molecule has 0 aliphatic heterocycles. The Morgan fingerprint density at radius 1 is 1.00 bits per heavy atom. The van der Waals surface area contributed by atoms with Crippen molar-refractivity contribution in [1.29, 1.82) is 0 Å². The first-order valence-electron chi connectivity index (χ1n) is 6.34. The Kier molecular flexibility index (Phi) is 4.43. The van der Waals surface area contributed by atoms with Gasteiger partial charge >= 0.3 is 0 Å². The summed E-state index contributed by atoms with van der Waals surface area (Å²) in [5.74, 6) is 0.185. The Morgan fingerprint density at radius 3 is 2.11 bits per heavy atom. The van der Waals surface area contributed by atoms with Crippen LogP contribution in [0.3, 0.4) is 0 Å². The Hall–Kier alpha value is -1.54. The van der Waals surface area contributed by atoms with E-state index in [1.54, 1.807) is 11.8 Å². The minimum Gasteiger partial charge on any atom is -0.294 e. The first kappa shape index (κ1) is 13.9. The van der Waals surface area contributed by atoms with Crippen molar-refractivity contribution >= 4 is 17.5 Å². The predicted molar refractivity (Wildman–Crippen MR) is 82.2 cm³/mol. The maximum absolute atomic E-state index is 12.3. The summed E-state index contributed by atoms with van der Waals surface area (Å²) < 4.78 is 0. The normalized spacial score (nSPS) is 10.5. The van der Waals surface area contributed by atoms with Gasteiger partial charge in [0.25, 0.3) is 0 Å². The highest BCUT2D eigenvalue weighted by atomic mass is 32.2. The van der Waals surface area contributed by atoms with Crippen LogP contribution in [-0.2, 0) is 6.42 Å². The Balaban J connectivity index is 2.20. The number of Topliss-reactive ketones (excluding diaryl/α,β-unsaturated/α-hetero) is 1. The van der Waals surface area contributed by atoms with Crippen LogP contribution >= 0.6 is 11.8 Å². The SMILES string of the molecule is CSc1ccc(C(=O)Cc2c(C)cccc2C)cc1. The molecule has 0 fully saturated rings. The molecule has 0 saturated carbocycles. The van der Waals surface area contributed by atoms with E-state index in [4.69, 9.17) is 0 Å².